The lowest BCUT2D eigenvalue weighted by atomic mass is 10.0. The second-order valence-electron chi connectivity index (χ2n) is 10.6. The molecule has 0 radical (unpaired) electrons. The van der Waals surface area contributed by atoms with Crippen LogP contribution in [0.1, 0.15) is 32.3 Å². The third kappa shape index (κ3) is 7.14. The lowest BCUT2D eigenvalue weighted by Gasteiger charge is -2.29. The van der Waals surface area contributed by atoms with Crippen LogP contribution in [0.2, 0.25) is 0 Å². The number of sulfonamides is 1. The first kappa shape index (κ1) is 30.8. The highest BCUT2D eigenvalue weighted by atomic mass is 32.2. The molecule has 1 aliphatic rings. The van der Waals surface area contributed by atoms with Crippen molar-refractivity contribution in [1.82, 2.24) is 8.87 Å². The summed E-state index contributed by atoms with van der Waals surface area (Å²) in [5.41, 5.74) is 3.84. The molecule has 4 aromatic rings. The van der Waals surface area contributed by atoms with Gasteiger partial charge in [0.2, 0.25) is 10.0 Å². The molecular formula is C33H39N3O5S2. The van der Waals surface area contributed by atoms with Gasteiger partial charge in [-0.05, 0) is 91.8 Å². The van der Waals surface area contributed by atoms with Gasteiger partial charge in [0, 0.05) is 25.0 Å². The summed E-state index contributed by atoms with van der Waals surface area (Å²) in [6.45, 7) is 6.55. The van der Waals surface area contributed by atoms with E-state index in [0.717, 1.165) is 52.3 Å². The molecular weight excluding hydrogens is 583 g/mol. The molecule has 1 aliphatic heterocycles. The molecule has 5 rings (SSSR count). The summed E-state index contributed by atoms with van der Waals surface area (Å²) >= 11 is 1.56. The highest BCUT2D eigenvalue weighted by molar-refractivity contribution is 7.89. The molecule has 0 aliphatic carbocycles. The van der Waals surface area contributed by atoms with Gasteiger partial charge in [0.25, 0.3) is 0 Å². The van der Waals surface area contributed by atoms with Gasteiger partial charge < -0.3 is 18.8 Å². The Hall–Kier alpha value is -3.60. The van der Waals surface area contributed by atoms with Crippen molar-refractivity contribution in [3.8, 4) is 28.5 Å². The van der Waals surface area contributed by atoms with E-state index in [4.69, 9.17) is 19.2 Å². The SMILES string of the molecule is CCOc1ccc(N=c2scc(-c3ccc(S(=O)(=O)N4CCC(C)CC4)cc3)n2CCc2ccc(OC)c(OC)c2)cc1. The van der Waals surface area contributed by atoms with E-state index in [2.05, 4.69) is 16.9 Å². The Morgan fingerprint density at radius 3 is 2.28 bits per heavy atom. The monoisotopic (exact) mass is 621 g/mol. The van der Waals surface area contributed by atoms with Crippen LogP contribution in [0.25, 0.3) is 11.3 Å². The van der Waals surface area contributed by atoms with Crippen molar-refractivity contribution in [3.05, 3.63) is 82.5 Å². The van der Waals surface area contributed by atoms with Crippen LogP contribution in [0, 0.1) is 5.92 Å². The second-order valence-corrected chi connectivity index (χ2v) is 13.4. The summed E-state index contributed by atoms with van der Waals surface area (Å²) in [6, 6.07) is 20.9. The zero-order valence-corrected chi connectivity index (χ0v) is 26.8. The molecule has 0 saturated carbocycles. The molecule has 0 spiro atoms. The van der Waals surface area contributed by atoms with Crippen LogP contribution in [-0.2, 0) is 23.0 Å². The minimum Gasteiger partial charge on any atom is -0.494 e. The number of hydrogen-bond donors (Lipinski definition) is 0. The van der Waals surface area contributed by atoms with Crippen molar-refractivity contribution in [2.24, 2.45) is 10.9 Å². The molecule has 1 aromatic heterocycles. The fourth-order valence-corrected chi connectivity index (χ4v) is 7.63. The average molecular weight is 622 g/mol. The Kier molecular flexibility index (Phi) is 9.90. The Labute approximate surface area is 258 Å². The van der Waals surface area contributed by atoms with Crippen molar-refractivity contribution in [2.45, 2.75) is 44.6 Å². The van der Waals surface area contributed by atoms with Gasteiger partial charge in [-0.1, -0.05) is 25.1 Å². The summed E-state index contributed by atoms with van der Waals surface area (Å²) in [7, 11) is -0.254. The standard InChI is InChI=1S/C33H39N3O5S2/c1-5-41-28-11-9-27(10-12-28)34-33-36(21-18-25-6-15-31(39-3)32(22-25)40-4)30(23-42-33)26-7-13-29(14-8-26)43(37,38)35-19-16-24(2)17-20-35/h6-15,22-24H,5,16-21H2,1-4H3. The smallest absolute Gasteiger partial charge is 0.243 e. The van der Waals surface area contributed by atoms with E-state index in [1.165, 1.54) is 0 Å². The summed E-state index contributed by atoms with van der Waals surface area (Å²) in [6.07, 6.45) is 2.53. The third-order valence-electron chi connectivity index (χ3n) is 7.77. The number of nitrogens with zero attached hydrogens (tertiary/aromatic N) is 3. The Bertz CT molecular complexity index is 1690. The Balaban J connectivity index is 1.47. The number of hydrogen-bond acceptors (Lipinski definition) is 7. The molecule has 43 heavy (non-hydrogen) atoms. The predicted octanol–water partition coefficient (Wildman–Crippen LogP) is 6.53. The molecule has 10 heteroatoms. The Morgan fingerprint density at radius 1 is 0.930 bits per heavy atom. The van der Waals surface area contributed by atoms with Crippen LogP contribution in [-0.4, -0.2) is 51.2 Å². The second kappa shape index (κ2) is 13.8. The van der Waals surface area contributed by atoms with Crippen LogP contribution in [0.3, 0.4) is 0 Å². The van der Waals surface area contributed by atoms with E-state index in [9.17, 15) is 8.42 Å². The van der Waals surface area contributed by atoms with Gasteiger partial charge in [0.1, 0.15) is 5.75 Å². The van der Waals surface area contributed by atoms with Gasteiger partial charge >= 0.3 is 0 Å². The zero-order valence-electron chi connectivity index (χ0n) is 25.2. The number of ether oxygens (including phenoxy) is 3. The van der Waals surface area contributed by atoms with Crippen molar-refractivity contribution in [3.63, 3.8) is 0 Å². The van der Waals surface area contributed by atoms with Gasteiger partial charge in [-0.25, -0.2) is 13.4 Å². The van der Waals surface area contributed by atoms with Crippen LogP contribution < -0.4 is 19.0 Å². The lowest BCUT2D eigenvalue weighted by molar-refractivity contribution is 0.288. The van der Waals surface area contributed by atoms with Crippen LogP contribution >= 0.6 is 11.3 Å². The van der Waals surface area contributed by atoms with Crippen molar-refractivity contribution in [2.75, 3.05) is 33.9 Å². The first-order valence-corrected chi connectivity index (χ1v) is 16.9. The zero-order chi connectivity index (χ0) is 30.4. The fourth-order valence-electron chi connectivity index (χ4n) is 5.21. The van der Waals surface area contributed by atoms with Crippen LogP contribution in [0.4, 0.5) is 5.69 Å². The van der Waals surface area contributed by atoms with Gasteiger partial charge in [0.05, 0.1) is 37.1 Å². The summed E-state index contributed by atoms with van der Waals surface area (Å²) in [5, 5.41) is 2.08. The fraction of sp³-hybridized carbons (Fsp3) is 0.364. The van der Waals surface area contributed by atoms with E-state index in [1.54, 1.807) is 42.0 Å². The van der Waals surface area contributed by atoms with E-state index in [1.807, 2.05) is 61.5 Å². The Morgan fingerprint density at radius 2 is 1.63 bits per heavy atom. The molecule has 0 amide bonds. The molecule has 3 aromatic carbocycles. The number of aryl methyl sites for hydroxylation is 1. The minimum atomic E-state index is -3.52. The molecule has 0 atom stereocenters. The highest BCUT2D eigenvalue weighted by Gasteiger charge is 2.28. The summed E-state index contributed by atoms with van der Waals surface area (Å²) in [4.78, 5) is 6.14. The van der Waals surface area contributed by atoms with E-state index in [0.29, 0.717) is 48.6 Å². The quantitative estimate of drug-likeness (QED) is 0.190. The number of aromatic nitrogens is 1. The first-order chi connectivity index (χ1) is 20.8. The number of benzene rings is 3. The number of methoxy groups -OCH3 is 2. The molecule has 8 nitrogen and oxygen atoms in total. The normalized spacial score (nSPS) is 15.0. The lowest BCUT2D eigenvalue weighted by Crippen LogP contribution is -2.37. The first-order valence-electron chi connectivity index (χ1n) is 14.6. The number of rotatable bonds is 11. The highest BCUT2D eigenvalue weighted by Crippen LogP contribution is 2.29. The third-order valence-corrected chi connectivity index (χ3v) is 10.5. The molecule has 1 fully saturated rings. The molecule has 2 heterocycles. The summed E-state index contributed by atoms with van der Waals surface area (Å²) < 4.78 is 46.9. The maximum atomic E-state index is 13.3. The van der Waals surface area contributed by atoms with Gasteiger partial charge in [0.15, 0.2) is 16.3 Å². The molecule has 228 valence electrons. The van der Waals surface area contributed by atoms with Crippen molar-refractivity contribution < 1.29 is 22.6 Å². The van der Waals surface area contributed by atoms with Gasteiger partial charge in [-0.15, -0.1) is 11.3 Å². The van der Waals surface area contributed by atoms with Crippen molar-refractivity contribution >= 4 is 27.0 Å². The molecule has 0 bridgehead atoms. The average Bonchev–Trinajstić information content (AvgIpc) is 3.43. The van der Waals surface area contributed by atoms with Gasteiger partial charge in [-0.2, -0.15) is 4.31 Å². The molecule has 0 N–H and O–H groups in total. The van der Waals surface area contributed by atoms with E-state index >= 15 is 0 Å². The number of thiazole rings is 1. The molecule has 1 saturated heterocycles. The van der Waals surface area contributed by atoms with Crippen molar-refractivity contribution in [1.29, 1.82) is 0 Å². The van der Waals surface area contributed by atoms with Gasteiger partial charge in [-0.3, -0.25) is 0 Å². The maximum Gasteiger partial charge on any atom is 0.243 e. The van der Waals surface area contributed by atoms with E-state index < -0.39 is 10.0 Å². The van der Waals surface area contributed by atoms with E-state index in [-0.39, 0.29) is 0 Å². The molecule has 0 unspecified atom stereocenters. The predicted molar refractivity (Wildman–Crippen MR) is 171 cm³/mol. The van der Waals surface area contributed by atoms with Crippen LogP contribution in [0.15, 0.2) is 82.0 Å². The minimum absolute atomic E-state index is 0.331. The maximum absolute atomic E-state index is 13.3. The topological polar surface area (TPSA) is 82.4 Å². The largest absolute Gasteiger partial charge is 0.494 e. The van der Waals surface area contributed by atoms with Crippen LogP contribution in [0.5, 0.6) is 17.2 Å². The number of piperidine rings is 1. The summed E-state index contributed by atoms with van der Waals surface area (Å²) in [5.74, 6) is 2.75.